The fourth-order valence-electron chi connectivity index (χ4n) is 2.23. The second kappa shape index (κ2) is 5.98. The van der Waals surface area contributed by atoms with Gasteiger partial charge in [0.05, 0.1) is 0 Å². The van der Waals surface area contributed by atoms with Gasteiger partial charge in [-0.3, -0.25) is 0 Å². The molecule has 0 saturated carbocycles. The van der Waals surface area contributed by atoms with Crippen LogP contribution in [0.15, 0.2) is 40.9 Å². The van der Waals surface area contributed by atoms with Crippen molar-refractivity contribution in [2.75, 3.05) is 5.32 Å². The summed E-state index contributed by atoms with van der Waals surface area (Å²) in [5.41, 5.74) is 4.97. The maximum atomic E-state index is 5.96. The van der Waals surface area contributed by atoms with Crippen molar-refractivity contribution in [2.45, 2.75) is 26.8 Å². The first kappa shape index (κ1) is 14.4. The van der Waals surface area contributed by atoms with Gasteiger partial charge in [-0.25, -0.2) is 0 Å². The zero-order valence-electron chi connectivity index (χ0n) is 11.3. The fraction of sp³-hybridized carbons (Fsp3) is 0.250. The number of aryl methyl sites for hydroxylation is 2. The summed E-state index contributed by atoms with van der Waals surface area (Å²) in [5.74, 6) is 0. The lowest BCUT2D eigenvalue weighted by molar-refractivity contribution is 0.872. The SMILES string of the molecule is Cc1ccc(C(C)Nc2ccc(Cl)cc2Br)c(C)c1. The number of nitrogens with one attached hydrogen (secondary N) is 1. The van der Waals surface area contributed by atoms with Gasteiger partial charge in [0.2, 0.25) is 0 Å². The molecular formula is C16H17BrClN. The highest BCUT2D eigenvalue weighted by atomic mass is 79.9. The molecule has 0 spiro atoms. The van der Waals surface area contributed by atoms with Gasteiger partial charge in [-0.1, -0.05) is 35.4 Å². The van der Waals surface area contributed by atoms with Gasteiger partial charge in [0.1, 0.15) is 0 Å². The fourth-order valence-corrected chi connectivity index (χ4v) is 3.03. The van der Waals surface area contributed by atoms with Crippen LogP contribution >= 0.6 is 27.5 Å². The van der Waals surface area contributed by atoms with E-state index in [0.717, 1.165) is 15.2 Å². The molecule has 2 rings (SSSR count). The van der Waals surface area contributed by atoms with Crippen molar-refractivity contribution >= 4 is 33.2 Å². The van der Waals surface area contributed by atoms with Gasteiger partial charge in [0.15, 0.2) is 0 Å². The molecule has 0 amide bonds. The summed E-state index contributed by atoms with van der Waals surface area (Å²) in [5, 5.41) is 4.24. The average Bonchev–Trinajstić information content (AvgIpc) is 2.32. The summed E-state index contributed by atoms with van der Waals surface area (Å²) < 4.78 is 0.983. The molecule has 1 unspecified atom stereocenters. The minimum absolute atomic E-state index is 0.248. The van der Waals surface area contributed by atoms with E-state index in [9.17, 15) is 0 Å². The molecule has 2 aromatic rings. The van der Waals surface area contributed by atoms with Gasteiger partial charge in [0.25, 0.3) is 0 Å². The van der Waals surface area contributed by atoms with Crippen molar-refractivity contribution < 1.29 is 0 Å². The molecule has 0 aliphatic rings. The van der Waals surface area contributed by atoms with E-state index in [4.69, 9.17) is 11.6 Å². The summed E-state index contributed by atoms with van der Waals surface area (Å²) >= 11 is 9.49. The van der Waals surface area contributed by atoms with E-state index < -0.39 is 0 Å². The van der Waals surface area contributed by atoms with Crippen LogP contribution in [0.1, 0.15) is 29.7 Å². The lowest BCUT2D eigenvalue weighted by Crippen LogP contribution is -2.08. The highest BCUT2D eigenvalue weighted by Gasteiger charge is 2.10. The number of hydrogen-bond acceptors (Lipinski definition) is 1. The Labute approximate surface area is 128 Å². The minimum Gasteiger partial charge on any atom is -0.378 e. The third kappa shape index (κ3) is 3.52. The number of halogens is 2. The summed E-state index contributed by atoms with van der Waals surface area (Å²) in [6.45, 7) is 6.43. The van der Waals surface area contributed by atoms with Crippen molar-refractivity contribution in [2.24, 2.45) is 0 Å². The van der Waals surface area contributed by atoms with Crippen molar-refractivity contribution in [1.29, 1.82) is 0 Å². The average molecular weight is 339 g/mol. The predicted octanol–water partition coefficient (Wildman–Crippen LogP) is 5.89. The first-order valence-electron chi connectivity index (χ1n) is 6.26. The zero-order valence-corrected chi connectivity index (χ0v) is 13.6. The van der Waals surface area contributed by atoms with Crippen molar-refractivity contribution in [3.05, 3.63) is 62.6 Å². The van der Waals surface area contributed by atoms with Crippen LogP contribution in [-0.4, -0.2) is 0 Å². The van der Waals surface area contributed by atoms with Gasteiger partial charge in [-0.15, -0.1) is 0 Å². The van der Waals surface area contributed by atoms with Gasteiger partial charge < -0.3 is 5.32 Å². The molecule has 0 saturated heterocycles. The molecule has 100 valence electrons. The first-order chi connectivity index (χ1) is 8.97. The van der Waals surface area contributed by atoms with Gasteiger partial charge in [-0.05, 0) is 66.0 Å². The van der Waals surface area contributed by atoms with Crippen LogP contribution in [-0.2, 0) is 0 Å². The monoisotopic (exact) mass is 337 g/mol. The van der Waals surface area contributed by atoms with Crippen LogP contribution in [0, 0.1) is 13.8 Å². The molecule has 0 fully saturated rings. The third-order valence-corrected chi connectivity index (χ3v) is 4.09. The molecule has 3 heteroatoms. The number of hydrogen-bond donors (Lipinski definition) is 1. The number of rotatable bonds is 3. The molecule has 0 radical (unpaired) electrons. The van der Waals surface area contributed by atoms with Crippen LogP contribution in [0.25, 0.3) is 0 Å². The molecule has 1 N–H and O–H groups in total. The molecule has 19 heavy (non-hydrogen) atoms. The second-order valence-electron chi connectivity index (χ2n) is 4.85. The predicted molar refractivity (Wildman–Crippen MR) is 87.1 cm³/mol. The van der Waals surface area contributed by atoms with E-state index in [2.05, 4.69) is 60.2 Å². The van der Waals surface area contributed by atoms with E-state index in [1.165, 1.54) is 16.7 Å². The summed E-state index contributed by atoms with van der Waals surface area (Å²) in [6.07, 6.45) is 0. The van der Waals surface area contributed by atoms with E-state index in [-0.39, 0.29) is 6.04 Å². The maximum Gasteiger partial charge on any atom is 0.0490 e. The van der Waals surface area contributed by atoms with E-state index in [1.54, 1.807) is 0 Å². The number of anilines is 1. The Morgan fingerprint density at radius 2 is 1.84 bits per heavy atom. The third-order valence-electron chi connectivity index (χ3n) is 3.19. The largest absolute Gasteiger partial charge is 0.378 e. The lowest BCUT2D eigenvalue weighted by Gasteiger charge is -2.19. The van der Waals surface area contributed by atoms with Gasteiger partial charge >= 0.3 is 0 Å². The first-order valence-corrected chi connectivity index (χ1v) is 7.43. The number of benzene rings is 2. The topological polar surface area (TPSA) is 12.0 Å². The van der Waals surface area contributed by atoms with Crippen LogP contribution in [0.5, 0.6) is 0 Å². The van der Waals surface area contributed by atoms with Crippen LogP contribution in [0.3, 0.4) is 0 Å². The van der Waals surface area contributed by atoms with Crippen LogP contribution in [0.2, 0.25) is 5.02 Å². The smallest absolute Gasteiger partial charge is 0.0490 e. The summed E-state index contributed by atoms with van der Waals surface area (Å²) in [6, 6.07) is 12.6. The van der Waals surface area contributed by atoms with Crippen molar-refractivity contribution in [3.63, 3.8) is 0 Å². The molecule has 0 aromatic heterocycles. The molecule has 0 aliphatic heterocycles. The highest BCUT2D eigenvalue weighted by Crippen LogP contribution is 2.30. The Balaban J connectivity index is 2.23. The summed E-state index contributed by atoms with van der Waals surface area (Å²) in [7, 11) is 0. The molecule has 0 aliphatic carbocycles. The lowest BCUT2D eigenvalue weighted by atomic mass is 10.00. The zero-order chi connectivity index (χ0) is 14.0. The Hall–Kier alpha value is -0.990. The van der Waals surface area contributed by atoms with E-state index >= 15 is 0 Å². The Morgan fingerprint density at radius 1 is 1.11 bits per heavy atom. The van der Waals surface area contributed by atoms with Gasteiger partial charge in [-0.2, -0.15) is 0 Å². The van der Waals surface area contributed by atoms with Gasteiger partial charge in [0, 0.05) is 21.2 Å². The standard InChI is InChI=1S/C16H17BrClN/c1-10-4-6-14(11(2)8-10)12(3)19-16-7-5-13(18)9-15(16)17/h4-9,12,19H,1-3H3. The second-order valence-corrected chi connectivity index (χ2v) is 6.14. The molecule has 1 nitrogen and oxygen atoms in total. The summed E-state index contributed by atoms with van der Waals surface area (Å²) in [4.78, 5) is 0. The van der Waals surface area contributed by atoms with E-state index in [1.807, 2.05) is 18.2 Å². The molecule has 0 bridgehead atoms. The Bertz CT molecular complexity index is 595. The molecule has 2 aromatic carbocycles. The Morgan fingerprint density at radius 3 is 2.47 bits per heavy atom. The quantitative estimate of drug-likeness (QED) is 0.735. The van der Waals surface area contributed by atoms with Crippen LogP contribution in [0.4, 0.5) is 5.69 Å². The molecule has 1 atom stereocenters. The minimum atomic E-state index is 0.248. The molecular weight excluding hydrogens is 322 g/mol. The maximum absolute atomic E-state index is 5.96. The van der Waals surface area contributed by atoms with E-state index in [0.29, 0.717) is 0 Å². The Kier molecular flexibility index (Phi) is 4.54. The van der Waals surface area contributed by atoms with Crippen molar-refractivity contribution in [3.8, 4) is 0 Å². The van der Waals surface area contributed by atoms with Crippen molar-refractivity contribution in [1.82, 2.24) is 0 Å². The molecule has 0 heterocycles. The highest BCUT2D eigenvalue weighted by molar-refractivity contribution is 9.10. The normalized spacial score (nSPS) is 12.3. The van der Waals surface area contributed by atoms with Crippen LogP contribution < -0.4 is 5.32 Å².